The molecule has 0 saturated carbocycles. The Hall–Kier alpha value is -1.55. The largest absolute Gasteiger partial charge is 0.384 e. The van der Waals surface area contributed by atoms with Crippen LogP contribution in [-0.4, -0.2) is 37.5 Å². The van der Waals surface area contributed by atoms with Crippen LogP contribution in [-0.2, 0) is 10.2 Å². The highest BCUT2D eigenvalue weighted by molar-refractivity contribution is 7.90. The first kappa shape index (κ1) is 16.5. The molecule has 1 aromatic rings. The van der Waals surface area contributed by atoms with E-state index < -0.39 is 10.2 Å². The van der Waals surface area contributed by atoms with Crippen LogP contribution in [0.2, 0.25) is 0 Å². The van der Waals surface area contributed by atoms with Crippen LogP contribution < -0.4 is 4.72 Å². The summed E-state index contributed by atoms with van der Waals surface area (Å²) in [4.78, 5) is 0. The molecule has 0 aliphatic rings. The summed E-state index contributed by atoms with van der Waals surface area (Å²) in [7, 11) is -3.52. The molecule has 0 radical (unpaired) electrons. The number of nitrogens with one attached hydrogen (secondary N) is 1. The Bertz CT molecular complexity index is 611. The molecule has 0 spiro atoms. The molecule has 0 heterocycles. The number of anilines is 1. The average molecular weight is 296 g/mol. The highest BCUT2D eigenvalue weighted by Crippen LogP contribution is 2.18. The van der Waals surface area contributed by atoms with Crippen molar-refractivity contribution < 1.29 is 13.5 Å². The van der Waals surface area contributed by atoms with Crippen molar-refractivity contribution >= 4 is 15.9 Å². The van der Waals surface area contributed by atoms with E-state index in [9.17, 15) is 8.42 Å². The Labute approximate surface area is 120 Å². The standard InChI is InChI=1S/C14H20N2O3S/c1-4-16(5-2)20(18,19)15-14-9-8-13(7-6-10-17)11-12(14)3/h8-9,11,15,17H,4-5,10H2,1-3H3. The third-order valence-corrected chi connectivity index (χ3v) is 4.50. The number of benzene rings is 1. The SMILES string of the molecule is CCN(CC)S(=O)(=O)Nc1ccc(C#CCO)cc1C. The van der Waals surface area contributed by atoms with Crippen LogP contribution in [0.15, 0.2) is 18.2 Å². The summed E-state index contributed by atoms with van der Waals surface area (Å²) in [5.41, 5.74) is 2.05. The summed E-state index contributed by atoms with van der Waals surface area (Å²) in [6, 6.07) is 5.18. The van der Waals surface area contributed by atoms with Gasteiger partial charge in [0, 0.05) is 18.7 Å². The van der Waals surface area contributed by atoms with Gasteiger partial charge in [0.25, 0.3) is 0 Å². The molecule has 0 aliphatic heterocycles. The van der Waals surface area contributed by atoms with Crippen molar-refractivity contribution in [2.45, 2.75) is 20.8 Å². The van der Waals surface area contributed by atoms with E-state index in [1.807, 2.05) is 6.92 Å². The second-order valence-corrected chi connectivity index (χ2v) is 5.85. The molecule has 0 unspecified atom stereocenters. The lowest BCUT2D eigenvalue weighted by atomic mass is 10.1. The van der Waals surface area contributed by atoms with Gasteiger partial charge in [0.15, 0.2) is 0 Å². The average Bonchev–Trinajstić information content (AvgIpc) is 2.40. The highest BCUT2D eigenvalue weighted by atomic mass is 32.2. The minimum absolute atomic E-state index is 0.199. The predicted molar refractivity (Wildman–Crippen MR) is 80.6 cm³/mol. The molecule has 0 bridgehead atoms. The van der Waals surface area contributed by atoms with Crippen LogP contribution in [0.1, 0.15) is 25.0 Å². The molecule has 5 nitrogen and oxygen atoms in total. The lowest BCUT2D eigenvalue weighted by Crippen LogP contribution is -2.35. The van der Waals surface area contributed by atoms with Gasteiger partial charge < -0.3 is 5.11 Å². The smallest absolute Gasteiger partial charge is 0.301 e. The number of aliphatic hydroxyl groups excluding tert-OH is 1. The Morgan fingerprint density at radius 2 is 1.95 bits per heavy atom. The molecule has 0 atom stereocenters. The summed E-state index contributed by atoms with van der Waals surface area (Å²) >= 11 is 0. The lowest BCUT2D eigenvalue weighted by Gasteiger charge is -2.20. The number of hydrogen-bond acceptors (Lipinski definition) is 3. The summed E-state index contributed by atoms with van der Waals surface area (Å²) in [5, 5.41) is 8.65. The van der Waals surface area contributed by atoms with Gasteiger partial charge in [-0.05, 0) is 30.7 Å². The topological polar surface area (TPSA) is 69.6 Å². The van der Waals surface area contributed by atoms with Gasteiger partial charge in [-0.15, -0.1) is 0 Å². The maximum atomic E-state index is 12.1. The first-order chi connectivity index (χ1) is 9.44. The Kier molecular flexibility index (Phi) is 6.02. The van der Waals surface area contributed by atoms with Crippen LogP contribution >= 0.6 is 0 Å². The van der Waals surface area contributed by atoms with Gasteiger partial charge in [-0.1, -0.05) is 25.7 Å². The van der Waals surface area contributed by atoms with E-state index in [1.54, 1.807) is 32.0 Å². The summed E-state index contributed by atoms with van der Waals surface area (Å²) in [6.45, 7) is 6.04. The fraction of sp³-hybridized carbons (Fsp3) is 0.429. The van der Waals surface area contributed by atoms with Crippen molar-refractivity contribution in [1.82, 2.24) is 4.31 Å². The van der Waals surface area contributed by atoms with Crippen molar-refractivity contribution in [2.75, 3.05) is 24.4 Å². The van der Waals surface area contributed by atoms with Gasteiger partial charge in [-0.3, -0.25) is 4.72 Å². The van der Waals surface area contributed by atoms with E-state index in [1.165, 1.54) is 4.31 Å². The fourth-order valence-electron chi connectivity index (χ4n) is 1.76. The van der Waals surface area contributed by atoms with Crippen molar-refractivity contribution in [1.29, 1.82) is 0 Å². The summed E-state index contributed by atoms with van der Waals surface area (Å²) < 4.78 is 28.2. The molecule has 1 rings (SSSR count). The molecule has 2 N–H and O–H groups in total. The molecule has 0 saturated heterocycles. The van der Waals surface area contributed by atoms with E-state index in [2.05, 4.69) is 16.6 Å². The number of hydrogen-bond donors (Lipinski definition) is 2. The van der Waals surface area contributed by atoms with Crippen LogP contribution in [0.3, 0.4) is 0 Å². The van der Waals surface area contributed by atoms with E-state index >= 15 is 0 Å². The minimum Gasteiger partial charge on any atom is -0.384 e. The molecular weight excluding hydrogens is 276 g/mol. The number of aliphatic hydroxyl groups is 1. The molecule has 20 heavy (non-hydrogen) atoms. The molecule has 0 aromatic heterocycles. The van der Waals surface area contributed by atoms with Gasteiger partial charge in [0.2, 0.25) is 0 Å². The van der Waals surface area contributed by atoms with Gasteiger partial charge in [-0.25, -0.2) is 0 Å². The molecular formula is C14H20N2O3S. The van der Waals surface area contributed by atoms with E-state index in [4.69, 9.17) is 5.11 Å². The van der Waals surface area contributed by atoms with E-state index in [0.29, 0.717) is 18.8 Å². The minimum atomic E-state index is -3.52. The number of nitrogens with zero attached hydrogens (tertiary/aromatic N) is 1. The zero-order valence-electron chi connectivity index (χ0n) is 12.0. The monoisotopic (exact) mass is 296 g/mol. The quantitative estimate of drug-likeness (QED) is 0.806. The highest BCUT2D eigenvalue weighted by Gasteiger charge is 2.18. The van der Waals surface area contributed by atoms with Gasteiger partial charge in [0.05, 0.1) is 5.69 Å². The van der Waals surface area contributed by atoms with Crippen molar-refractivity contribution in [3.05, 3.63) is 29.3 Å². The molecule has 0 fully saturated rings. The molecule has 1 aromatic carbocycles. The van der Waals surface area contributed by atoms with Gasteiger partial charge in [0.1, 0.15) is 6.61 Å². The van der Waals surface area contributed by atoms with Gasteiger partial charge >= 0.3 is 10.2 Å². The molecule has 6 heteroatoms. The maximum absolute atomic E-state index is 12.1. The van der Waals surface area contributed by atoms with Crippen molar-refractivity contribution in [2.24, 2.45) is 0 Å². The Morgan fingerprint density at radius 3 is 2.45 bits per heavy atom. The zero-order chi connectivity index (χ0) is 15.2. The van der Waals surface area contributed by atoms with E-state index in [-0.39, 0.29) is 6.61 Å². The third kappa shape index (κ3) is 4.23. The maximum Gasteiger partial charge on any atom is 0.301 e. The van der Waals surface area contributed by atoms with Crippen LogP contribution in [0, 0.1) is 18.8 Å². The van der Waals surface area contributed by atoms with Gasteiger partial charge in [-0.2, -0.15) is 12.7 Å². The summed E-state index contributed by atoms with van der Waals surface area (Å²) in [5.74, 6) is 5.34. The number of rotatable bonds is 5. The molecule has 110 valence electrons. The third-order valence-electron chi connectivity index (χ3n) is 2.82. The summed E-state index contributed by atoms with van der Waals surface area (Å²) in [6.07, 6.45) is 0. The predicted octanol–water partition coefficient (Wildman–Crippen LogP) is 1.34. The second kappa shape index (κ2) is 7.29. The van der Waals surface area contributed by atoms with Crippen LogP contribution in [0.4, 0.5) is 5.69 Å². The number of aryl methyl sites for hydroxylation is 1. The lowest BCUT2D eigenvalue weighted by molar-refractivity contribution is 0.350. The zero-order valence-corrected chi connectivity index (χ0v) is 12.8. The van der Waals surface area contributed by atoms with Crippen LogP contribution in [0.25, 0.3) is 0 Å². The molecule has 0 aliphatic carbocycles. The molecule has 0 amide bonds. The van der Waals surface area contributed by atoms with E-state index in [0.717, 1.165) is 11.1 Å². The van der Waals surface area contributed by atoms with Crippen LogP contribution in [0.5, 0.6) is 0 Å². The van der Waals surface area contributed by atoms with Crippen molar-refractivity contribution in [3.8, 4) is 11.8 Å². The second-order valence-electron chi connectivity index (χ2n) is 4.18. The first-order valence-corrected chi connectivity index (χ1v) is 7.86. The first-order valence-electron chi connectivity index (χ1n) is 6.42. The Balaban J connectivity index is 2.99. The Morgan fingerprint density at radius 1 is 1.30 bits per heavy atom. The normalized spacial score (nSPS) is 11.1. The van der Waals surface area contributed by atoms with Crippen molar-refractivity contribution in [3.63, 3.8) is 0 Å². The fourth-order valence-corrected chi connectivity index (χ4v) is 3.08.